The zero-order valence-corrected chi connectivity index (χ0v) is 12.1. The highest BCUT2D eigenvalue weighted by Crippen LogP contribution is 2.21. The monoisotopic (exact) mass is 265 g/mol. The SMILES string of the molecule is CCOC(=O)CC(NC)c1ccc(OC(C)C)cc1. The molecule has 0 radical (unpaired) electrons. The average Bonchev–Trinajstić information content (AvgIpc) is 2.37. The maximum absolute atomic E-state index is 11.5. The molecule has 0 bridgehead atoms. The van der Waals surface area contributed by atoms with E-state index in [9.17, 15) is 4.79 Å². The summed E-state index contributed by atoms with van der Waals surface area (Å²) >= 11 is 0. The van der Waals surface area contributed by atoms with E-state index in [4.69, 9.17) is 9.47 Å². The van der Waals surface area contributed by atoms with Crippen molar-refractivity contribution in [3.05, 3.63) is 29.8 Å². The molecule has 1 aromatic rings. The average molecular weight is 265 g/mol. The fourth-order valence-corrected chi connectivity index (χ4v) is 1.82. The minimum atomic E-state index is -0.190. The van der Waals surface area contributed by atoms with Crippen LogP contribution in [0.3, 0.4) is 0 Å². The van der Waals surface area contributed by atoms with E-state index in [1.165, 1.54) is 0 Å². The number of esters is 1. The molecule has 4 heteroatoms. The Morgan fingerprint density at radius 3 is 2.37 bits per heavy atom. The van der Waals surface area contributed by atoms with E-state index in [-0.39, 0.29) is 18.1 Å². The van der Waals surface area contributed by atoms with E-state index in [2.05, 4.69) is 5.32 Å². The highest BCUT2D eigenvalue weighted by Gasteiger charge is 2.15. The molecule has 0 aliphatic carbocycles. The molecule has 0 heterocycles. The second-order valence-corrected chi connectivity index (χ2v) is 4.59. The number of benzene rings is 1. The van der Waals surface area contributed by atoms with Crippen LogP contribution in [0.2, 0.25) is 0 Å². The second kappa shape index (κ2) is 7.79. The number of ether oxygens (including phenoxy) is 2. The van der Waals surface area contributed by atoms with Gasteiger partial charge in [-0.05, 0) is 45.5 Å². The van der Waals surface area contributed by atoms with Gasteiger partial charge in [-0.2, -0.15) is 0 Å². The van der Waals surface area contributed by atoms with Gasteiger partial charge in [0.15, 0.2) is 0 Å². The Morgan fingerprint density at radius 2 is 1.89 bits per heavy atom. The van der Waals surface area contributed by atoms with Crippen molar-refractivity contribution in [1.29, 1.82) is 0 Å². The van der Waals surface area contributed by atoms with Crippen molar-refractivity contribution in [1.82, 2.24) is 5.32 Å². The van der Waals surface area contributed by atoms with Crippen molar-refractivity contribution in [3.8, 4) is 5.75 Å². The summed E-state index contributed by atoms with van der Waals surface area (Å²) in [5.74, 6) is 0.647. The smallest absolute Gasteiger partial charge is 0.307 e. The summed E-state index contributed by atoms with van der Waals surface area (Å²) in [7, 11) is 1.84. The minimum absolute atomic E-state index is 0.0350. The Morgan fingerprint density at radius 1 is 1.26 bits per heavy atom. The molecule has 19 heavy (non-hydrogen) atoms. The molecule has 0 spiro atoms. The molecule has 0 saturated heterocycles. The molecule has 1 rings (SSSR count). The van der Waals surface area contributed by atoms with Gasteiger partial charge >= 0.3 is 5.97 Å². The van der Waals surface area contributed by atoms with Crippen LogP contribution in [-0.2, 0) is 9.53 Å². The fourth-order valence-electron chi connectivity index (χ4n) is 1.82. The lowest BCUT2D eigenvalue weighted by atomic mass is 10.0. The summed E-state index contributed by atoms with van der Waals surface area (Å²) in [5, 5.41) is 3.13. The number of rotatable bonds is 7. The Balaban J connectivity index is 2.68. The van der Waals surface area contributed by atoms with Gasteiger partial charge in [0.2, 0.25) is 0 Å². The largest absolute Gasteiger partial charge is 0.491 e. The Kier molecular flexibility index (Phi) is 6.36. The van der Waals surface area contributed by atoms with Crippen molar-refractivity contribution in [2.45, 2.75) is 39.3 Å². The van der Waals surface area contributed by atoms with Gasteiger partial charge in [-0.3, -0.25) is 4.79 Å². The van der Waals surface area contributed by atoms with Crippen molar-refractivity contribution in [2.24, 2.45) is 0 Å². The van der Waals surface area contributed by atoms with Crippen molar-refractivity contribution >= 4 is 5.97 Å². The Labute approximate surface area is 115 Å². The van der Waals surface area contributed by atoms with Crippen LogP contribution < -0.4 is 10.1 Å². The fraction of sp³-hybridized carbons (Fsp3) is 0.533. The Bertz CT molecular complexity index is 387. The summed E-state index contributed by atoms with van der Waals surface area (Å²) in [6.07, 6.45) is 0.486. The summed E-state index contributed by atoms with van der Waals surface area (Å²) < 4.78 is 10.6. The molecule has 0 saturated carbocycles. The van der Waals surface area contributed by atoms with Gasteiger partial charge in [-0.25, -0.2) is 0 Å². The van der Waals surface area contributed by atoms with Crippen LogP contribution in [0, 0.1) is 0 Å². The van der Waals surface area contributed by atoms with Gasteiger partial charge in [0, 0.05) is 6.04 Å². The van der Waals surface area contributed by atoms with Crippen LogP contribution in [0.25, 0.3) is 0 Å². The highest BCUT2D eigenvalue weighted by molar-refractivity contribution is 5.70. The van der Waals surface area contributed by atoms with Gasteiger partial charge in [0.05, 0.1) is 19.1 Å². The maximum Gasteiger partial charge on any atom is 0.307 e. The van der Waals surface area contributed by atoms with E-state index in [0.29, 0.717) is 13.0 Å². The third kappa shape index (κ3) is 5.30. The second-order valence-electron chi connectivity index (χ2n) is 4.59. The maximum atomic E-state index is 11.5. The summed E-state index contributed by atoms with van der Waals surface area (Å²) in [6, 6.07) is 7.75. The predicted molar refractivity (Wildman–Crippen MR) is 75.3 cm³/mol. The molecular weight excluding hydrogens is 242 g/mol. The van der Waals surface area contributed by atoms with Gasteiger partial charge in [0.1, 0.15) is 5.75 Å². The van der Waals surface area contributed by atoms with Gasteiger partial charge in [-0.1, -0.05) is 12.1 Å². The first kappa shape index (κ1) is 15.5. The van der Waals surface area contributed by atoms with Crippen LogP contribution in [0.4, 0.5) is 0 Å². The molecule has 4 nitrogen and oxygen atoms in total. The highest BCUT2D eigenvalue weighted by atomic mass is 16.5. The summed E-state index contributed by atoms with van der Waals surface area (Å²) in [6.45, 7) is 6.21. The number of carbonyl (C=O) groups is 1. The topological polar surface area (TPSA) is 47.6 Å². The lowest BCUT2D eigenvalue weighted by molar-refractivity contribution is -0.143. The van der Waals surface area contributed by atoms with Gasteiger partial charge in [-0.15, -0.1) is 0 Å². The normalized spacial score (nSPS) is 12.3. The van der Waals surface area contributed by atoms with E-state index in [1.807, 2.05) is 52.1 Å². The van der Waals surface area contributed by atoms with E-state index in [0.717, 1.165) is 11.3 Å². The van der Waals surface area contributed by atoms with E-state index in [1.54, 1.807) is 0 Å². The molecule has 0 aromatic heterocycles. The first-order chi connectivity index (χ1) is 9.06. The van der Waals surface area contributed by atoms with E-state index < -0.39 is 0 Å². The van der Waals surface area contributed by atoms with Crippen LogP contribution in [0.5, 0.6) is 5.75 Å². The molecule has 0 aliphatic rings. The van der Waals surface area contributed by atoms with Crippen molar-refractivity contribution in [3.63, 3.8) is 0 Å². The molecule has 1 unspecified atom stereocenters. The van der Waals surface area contributed by atoms with Crippen LogP contribution in [0.1, 0.15) is 38.8 Å². The van der Waals surface area contributed by atoms with Crippen molar-refractivity contribution in [2.75, 3.05) is 13.7 Å². The lowest BCUT2D eigenvalue weighted by Gasteiger charge is -2.17. The third-order valence-corrected chi connectivity index (χ3v) is 2.68. The van der Waals surface area contributed by atoms with Crippen LogP contribution in [0.15, 0.2) is 24.3 Å². The molecule has 106 valence electrons. The number of hydrogen-bond donors (Lipinski definition) is 1. The van der Waals surface area contributed by atoms with Gasteiger partial charge in [0.25, 0.3) is 0 Å². The number of carbonyl (C=O) groups excluding carboxylic acids is 1. The van der Waals surface area contributed by atoms with Crippen LogP contribution >= 0.6 is 0 Å². The first-order valence-corrected chi connectivity index (χ1v) is 6.66. The molecular formula is C15H23NO3. The molecule has 0 aliphatic heterocycles. The number of nitrogens with one attached hydrogen (secondary N) is 1. The molecule has 1 N–H and O–H groups in total. The van der Waals surface area contributed by atoms with Crippen LogP contribution in [-0.4, -0.2) is 25.7 Å². The quantitative estimate of drug-likeness (QED) is 0.770. The summed E-state index contributed by atoms with van der Waals surface area (Å²) in [5.41, 5.74) is 1.05. The molecule has 0 amide bonds. The zero-order chi connectivity index (χ0) is 14.3. The Hall–Kier alpha value is -1.55. The lowest BCUT2D eigenvalue weighted by Crippen LogP contribution is -2.21. The molecule has 1 atom stereocenters. The predicted octanol–water partition coefficient (Wildman–Crippen LogP) is 2.69. The summed E-state index contributed by atoms with van der Waals surface area (Å²) in [4.78, 5) is 11.5. The molecule has 1 aromatic carbocycles. The first-order valence-electron chi connectivity index (χ1n) is 6.66. The standard InChI is InChI=1S/C15H23NO3/c1-5-18-15(17)10-14(16-4)12-6-8-13(9-7-12)19-11(2)3/h6-9,11,14,16H,5,10H2,1-4H3. The minimum Gasteiger partial charge on any atom is -0.491 e. The molecule has 0 fully saturated rings. The zero-order valence-electron chi connectivity index (χ0n) is 12.1. The van der Waals surface area contributed by atoms with E-state index >= 15 is 0 Å². The number of hydrogen-bond acceptors (Lipinski definition) is 4. The van der Waals surface area contributed by atoms with Gasteiger partial charge < -0.3 is 14.8 Å². The third-order valence-electron chi connectivity index (χ3n) is 2.68. The van der Waals surface area contributed by atoms with Crippen molar-refractivity contribution < 1.29 is 14.3 Å².